The first-order valence-electron chi connectivity index (χ1n) is 8.36. The van der Waals surface area contributed by atoms with E-state index in [2.05, 4.69) is 4.74 Å². The lowest BCUT2D eigenvalue weighted by Gasteiger charge is -2.41. The van der Waals surface area contributed by atoms with Gasteiger partial charge >= 0.3 is 11.9 Å². The first kappa shape index (κ1) is 20.5. The van der Waals surface area contributed by atoms with Gasteiger partial charge in [0.25, 0.3) is 5.91 Å². The molecule has 0 N–H and O–H groups in total. The SMILES string of the molecule is CCOC(=O)C(F)(F)C(=O)C(C)(C)N1COC(C)=C(c2ccccc2)C1=O. The smallest absolute Gasteiger partial charge is 0.402 e. The maximum absolute atomic E-state index is 14.3. The van der Waals surface area contributed by atoms with Crippen LogP contribution >= 0.6 is 0 Å². The summed E-state index contributed by atoms with van der Waals surface area (Å²) in [5.41, 5.74) is -1.30. The summed E-state index contributed by atoms with van der Waals surface area (Å²) in [6.45, 7) is 4.54. The van der Waals surface area contributed by atoms with Crippen molar-refractivity contribution in [2.24, 2.45) is 0 Å². The highest BCUT2D eigenvalue weighted by Gasteiger charge is 2.58. The van der Waals surface area contributed by atoms with Crippen molar-refractivity contribution in [2.75, 3.05) is 13.3 Å². The van der Waals surface area contributed by atoms with Crippen LogP contribution in [0.1, 0.15) is 33.3 Å². The number of esters is 1. The van der Waals surface area contributed by atoms with Gasteiger partial charge in [-0.15, -0.1) is 0 Å². The standard InChI is InChI=1S/C19H21F2NO5/c1-5-26-17(25)19(20,21)16(24)18(3,4)22-11-27-12(2)14(15(22)23)13-9-7-6-8-10-13/h6-10H,5,11H2,1-4H3. The largest absolute Gasteiger partial charge is 0.477 e. The van der Waals surface area contributed by atoms with E-state index in [1.807, 2.05) is 0 Å². The van der Waals surface area contributed by atoms with Gasteiger partial charge in [-0.1, -0.05) is 30.3 Å². The Morgan fingerprint density at radius 2 is 1.81 bits per heavy atom. The zero-order chi connectivity index (χ0) is 20.4. The Kier molecular flexibility index (Phi) is 5.67. The van der Waals surface area contributed by atoms with Gasteiger partial charge < -0.3 is 9.47 Å². The van der Waals surface area contributed by atoms with Gasteiger partial charge in [0.1, 0.15) is 11.3 Å². The summed E-state index contributed by atoms with van der Waals surface area (Å²) in [4.78, 5) is 37.8. The average molecular weight is 381 g/mol. The highest BCUT2D eigenvalue weighted by Crippen LogP contribution is 2.34. The molecule has 1 heterocycles. The number of benzene rings is 1. The van der Waals surface area contributed by atoms with Crippen LogP contribution < -0.4 is 0 Å². The third kappa shape index (κ3) is 3.70. The highest BCUT2D eigenvalue weighted by molar-refractivity contribution is 6.22. The number of alkyl halides is 2. The molecule has 0 fully saturated rings. The number of rotatable bonds is 6. The fourth-order valence-electron chi connectivity index (χ4n) is 2.75. The van der Waals surface area contributed by atoms with Crippen molar-refractivity contribution in [1.29, 1.82) is 0 Å². The molecule has 0 aliphatic carbocycles. The zero-order valence-electron chi connectivity index (χ0n) is 15.5. The Morgan fingerprint density at radius 1 is 1.22 bits per heavy atom. The number of ether oxygens (including phenoxy) is 2. The Bertz CT molecular complexity index is 787. The van der Waals surface area contributed by atoms with Crippen LogP contribution in [0.25, 0.3) is 5.57 Å². The van der Waals surface area contributed by atoms with Gasteiger partial charge in [-0.05, 0) is 33.3 Å². The molecule has 1 aromatic rings. The Morgan fingerprint density at radius 3 is 2.37 bits per heavy atom. The van der Waals surface area contributed by atoms with Crippen molar-refractivity contribution in [1.82, 2.24) is 4.90 Å². The lowest BCUT2D eigenvalue weighted by atomic mass is 9.90. The number of amides is 1. The average Bonchev–Trinajstić information content (AvgIpc) is 2.62. The minimum Gasteiger partial charge on any atom is -0.477 e. The summed E-state index contributed by atoms with van der Waals surface area (Å²) in [6, 6.07) is 8.54. The first-order chi connectivity index (χ1) is 12.5. The highest BCUT2D eigenvalue weighted by atomic mass is 19.3. The van der Waals surface area contributed by atoms with Gasteiger partial charge in [0, 0.05) is 0 Å². The maximum atomic E-state index is 14.3. The molecular weight excluding hydrogens is 360 g/mol. The second kappa shape index (κ2) is 7.46. The summed E-state index contributed by atoms with van der Waals surface area (Å²) in [6.07, 6.45) is 0. The molecule has 146 valence electrons. The van der Waals surface area contributed by atoms with E-state index in [9.17, 15) is 23.2 Å². The van der Waals surface area contributed by atoms with Crippen LogP contribution in [0, 0.1) is 0 Å². The molecular formula is C19H21F2NO5. The van der Waals surface area contributed by atoms with Crippen LogP contribution in [0.2, 0.25) is 0 Å². The van der Waals surface area contributed by atoms with Gasteiger partial charge in [-0.3, -0.25) is 14.5 Å². The number of Topliss-reactive ketones (excluding diaryl/α,β-unsaturated/α-hetero) is 1. The van der Waals surface area contributed by atoms with Crippen LogP contribution in [0.15, 0.2) is 36.1 Å². The van der Waals surface area contributed by atoms with Crippen LogP contribution in [-0.4, -0.2) is 47.4 Å². The molecule has 27 heavy (non-hydrogen) atoms. The molecule has 1 aromatic carbocycles. The molecule has 1 aliphatic rings. The molecule has 0 saturated carbocycles. The molecule has 0 saturated heterocycles. The van der Waals surface area contributed by atoms with Gasteiger partial charge in [0.15, 0.2) is 6.73 Å². The fraction of sp³-hybridized carbons (Fsp3) is 0.421. The lowest BCUT2D eigenvalue weighted by molar-refractivity contribution is -0.183. The van der Waals surface area contributed by atoms with E-state index in [0.29, 0.717) is 11.3 Å². The van der Waals surface area contributed by atoms with Crippen molar-refractivity contribution in [3.63, 3.8) is 0 Å². The van der Waals surface area contributed by atoms with Crippen molar-refractivity contribution in [2.45, 2.75) is 39.2 Å². The normalized spacial score (nSPS) is 15.5. The summed E-state index contributed by atoms with van der Waals surface area (Å²) in [5, 5.41) is 0. The molecule has 0 radical (unpaired) electrons. The van der Waals surface area contributed by atoms with E-state index in [4.69, 9.17) is 4.74 Å². The molecule has 8 heteroatoms. The predicted molar refractivity (Wildman–Crippen MR) is 92.5 cm³/mol. The van der Waals surface area contributed by atoms with Crippen LogP contribution in [0.4, 0.5) is 8.78 Å². The summed E-state index contributed by atoms with van der Waals surface area (Å²) in [5.74, 6) is -8.38. The maximum Gasteiger partial charge on any atom is 0.402 e. The van der Waals surface area contributed by atoms with Gasteiger partial charge in [0.05, 0.1) is 12.2 Å². The topological polar surface area (TPSA) is 72.9 Å². The summed E-state index contributed by atoms with van der Waals surface area (Å²) in [7, 11) is 0. The lowest BCUT2D eigenvalue weighted by Crippen LogP contribution is -2.61. The third-order valence-electron chi connectivity index (χ3n) is 4.33. The second-order valence-corrected chi connectivity index (χ2v) is 6.49. The van der Waals surface area contributed by atoms with E-state index in [0.717, 1.165) is 18.7 Å². The zero-order valence-corrected chi connectivity index (χ0v) is 15.5. The Hall–Kier alpha value is -2.77. The molecule has 0 bridgehead atoms. The summed E-state index contributed by atoms with van der Waals surface area (Å²) >= 11 is 0. The van der Waals surface area contributed by atoms with E-state index in [-0.39, 0.29) is 12.2 Å². The van der Waals surface area contributed by atoms with Crippen LogP contribution in [-0.2, 0) is 23.9 Å². The number of ketones is 1. The molecule has 0 spiro atoms. The number of nitrogens with zero attached hydrogens (tertiary/aromatic N) is 1. The minimum atomic E-state index is -4.39. The quantitative estimate of drug-likeness (QED) is 0.560. The number of halogens is 2. The number of allylic oxidation sites excluding steroid dienone is 1. The molecule has 0 unspecified atom stereocenters. The monoisotopic (exact) mass is 381 g/mol. The van der Waals surface area contributed by atoms with Crippen molar-refractivity contribution < 1.29 is 32.6 Å². The fourth-order valence-corrected chi connectivity index (χ4v) is 2.75. The number of hydrogen-bond acceptors (Lipinski definition) is 5. The van der Waals surface area contributed by atoms with Gasteiger partial charge in [0.2, 0.25) is 5.78 Å². The molecule has 2 rings (SSSR count). The molecule has 0 aromatic heterocycles. The molecule has 0 atom stereocenters. The Balaban J connectivity index is 2.38. The Labute approximate surface area is 155 Å². The van der Waals surface area contributed by atoms with Crippen LogP contribution in [0.5, 0.6) is 0 Å². The van der Waals surface area contributed by atoms with Crippen LogP contribution in [0.3, 0.4) is 0 Å². The van der Waals surface area contributed by atoms with E-state index in [1.54, 1.807) is 37.3 Å². The second-order valence-electron chi connectivity index (χ2n) is 6.49. The summed E-state index contributed by atoms with van der Waals surface area (Å²) < 4.78 is 38.3. The molecule has 1 aliphatic heterocycles. The van der Waals surface area contributed by atoms with Gasteiger partial charge in [-0.2, -0.15) is 8.78 Å². The van der Waals surface area contributed by atoms with E-state index >= 15 is 0 Å². The minimum absolute atomic E-state index is 0.169. The molecule has 6 nitrogen and oxygen atoms in total. The number of carbonyl (C=O) groups excluding carboxylic acids is 3. The number of hydrogen-bond donors (Lipinski definition) is 0. The van der Waals surface area contributed by atoms with E-state index < -0.39 is 35.9 Å². The number of carbonyl (C=O) groups is 3. The first-order valence-corrected chi connectivity index (χ1v) is 8.36. The molecule has 1 amide bonds. The van der Waals surface area contributed by atoms with Crippen molar-refractivity contribution >= 4 is 23.2 Å². The third-order valence-corrected chi connectivity index (χ3v) is 4.33. The van der Waals surface area contributed by atoms with E-state index in [1.165, 1.54) is 6.92 Å². The van der Waals surface area contributed by atoms with Crippen molar-refractivity contribution in [3.05, 3.63) is 41.7 Å². The van der Waals surface area contributed by atoms with Gasteiger partial charge in [-0.25, -0.2) is 4.79 Å². The van der Waals surface area contributed by atoms with Crippen molar-refractivity contribution in [3.8, 4) is 0 Å². The predicted octanol–water partition coefficient (Wildman–Crippen LogP) is 2.78.